The zero-order valence-corrected chi connectivity index (χ0v) is 14.7. The van der Waals surface area contributed by atoms with E-state index in [1.807, 2.05) is 41.0 Å². The Morgan fingerprint density at radius 3 is 2.58 bits per heavy atom. The van der Waals surface area contributed by atoms with Crippen molar-refractivity contribution in [2.75, 3.05) is 0 Å². The Morgan fingerprint density at radius 1 is 1.15 bits per heavy atom. The molecule has 0 unspecified atom stereocenters. The Bertz CT molecular complexity index is 798. The first-order valence-corrected chi connectivity index (χ1v) is 9.11. The lowest BCUT2D eigenvalue weighted by Gasteiger charge is -2.23. The van der Waals surface area contributed by atoms with Crippen molar-refractivity contribution in [1.82, 2.24) is 9.88 Å². The highest BCUT2D eigenvalue weighted by Gasteiger charge is 2.30. The van der Waals surface area contributed by atoms with E-state index in [0.717, 1.165) is 31.2 Å². The van der Waals surface area contributed by atoms with Gasteiger partial charge in [-0.15, -0.1) is 0 Å². The second kappa shape index (κ2) is 8.48. The molecule has 0 aliphatic heterocycles. The van der Waals surface area contributed by atoms with Gasteiger partial charge in [-0.1, -0.05) is 49.6 Å². The molecule has 0 bridgehead atoms. The lowest BCUT2D eigenvalue weighted by Crippen LogP contribution is -2.41. The SMILES string of the molecule is N#C[C@@H](C(=O)NC1CCCCC1)C(=O)c1ccn(Cc2ccccc2)c1. The second-order valence-electron chi connectivity index (χ2n) is 6.83. The van der Waals surface area contributed by atoms with Crippen LogP contribution in [-0.2, 0) is 11.3 Å². The summed E-state index contributed by atoms with van der Waals surface area (Å²) in [5.74, 6) is -2.20. The molecule has 1 aromatic heterocycles. The molecule has 26 heavy (non-hydrogen) atoms. The number of nitrogens with zero attached hydrogens (tertiary/aromatic N) is 2. The number of amides is 1. The maximum atomic E-state index is 12.6. The van der Waals surface area contributed by atoms with Crippen molar-refractivity contribution in [1.29, 1.82) is 5.26 Å². The lowest BCUT2D eigenvalue weighted by molar-refractivity contribution is -0.123. The van der Waals surface area contributed by atoms with Crippen molar-refractivity contribution < 1.29 is 9.59 Å². The van der Waals surface area contributed by atoms with Crippen LogP contribution in [0.2, 0.25) is 0 Å². The number of aromatic nitrogens is 1. The van der Waals surface area contributed by atoms with Gasteiger partial charge in [0.25, 0.3) is 0 Å². The second-order valence-corrected chi connectivity index (χ2v) is 6.83. The summed E-state index contributed by atoms with van der Waals surface area (Å²) in [5.41, 5.74) is 1.51. The number of carbonyl (C=O) groups is 2. The summed E-state index contributed by atoms with van der Waals surface area (Å²) in [5, 5.41) is 12.2. The third-order valence-corrected chi connectivity index (χ3v) is 4.85. The number of nitrogens with one attached hydrogen (secondary N) is 1. The summed E-state index contributed by atoms with van der Waals surface area (Å²) >= 11 is 0. The summed E-state index contributed by atoms with van der Waals surface area (Å²) in [6.45, 7) is 0.639. The van der Waals surface area contributed by atoms with Crippen LogP contribution in [0.4, 0.5) is 0 Å². The number of nitriles is 1. The van der Waals surface area contributed by atoms with Crippen LogP contribution in [0.25, 0.3) is 0 Å². The monoisotopic (exact) mass is 349 g/mol. The fourth-order valence-corrected chi connectivity index (χ4v) is 3.41. The molecular formula is C21H23N3O2. The van der Waals surface area contributed by atoms with E-state index in [1.54, 1.807) is 18.5 Å². The molecule has 5 nitrogen and oxygen atoms in total. The standard InChI is InChI=1S/C21H23N3O2/c22-13-19(21(26)23-18-9-5-2-6-10-18)20(25)17-11-12-24(15-17)14-16-7-3-1-4-8-16/h1,3-4,7-8,11-12,15,18-19H,2,5-6,9-10,14H2,(H,23,26)/t19-/m1/s1. The normalized spacial score (nSPS) is 15.8. The van der Waals surface area contributed by atoms with Gasteiger partial charge in [0, 0.05) is 30.5 Å². The summed E-state index contributed by atoms with van der Waals surface area (Å²) in [7, 11) is 0. The quantitative estimate of drug-likeness (QED) is 0.642. The van der Waals surface area contributed by atoms with Gasteiger partial charge < -0.3 is 9.88 Å². The predicted molar refractivity (Wildman–Crippen MR) is 98.4 cm³/mol. The van der Waals surface area contributed by atoms with Gasteiger partial charge in [-0.05, 0) is 24.5 Å². The van der Waals surface area contributed by atoms with E-state index in [4.69, 9.17) is 0 Å². The van der Waals surface area contributed by atoms with Crippen molar-refractivity contribution in [2.45, 2.75) is 44.7 Å². The van der Waals surface area contributed by atoms with Gasteiger partial charge in [-0.25, -0.2) is 0 Å². The number of hydrogen-bond donors (Lipinski definition) is 1. The van der Waals surface area contributed by atoms with Gasteiger partial charge >= 0.3 is 0 Å². The van der Waals surface area contributed by atoms with E-state index < -0.39 is 17.6 Å². The molecule has 1 heterocycles. The Balaban J connectivity index is 1.65. The molecule has 1 aromatic carbocycles. The molecule has 134 valence electrons. The van der Waals surface area contributed by atoms with E-state index in [9.17, 15) is 14.9 Å². The first kappa shape index (κ1) is 17.9. The summed E-state index contributed by atoms with van der Waals surface area (Å²) in [4.78, 5) is 25.0. The number of rotatable bonds is 6. The van der Waals surface area contributed by atoms with Crippen molar-refractivity contribution in [2.24, 2.45) is 5.92 Å². The van der Waals surface area contributed by atoms with Crippen LogP contribution in [0, 0.1) is 17.2 Å². The van der Waals surface area contributed by atoms with E-state index in [1.165, 1.54) is 6.42 Å². The van der Waals surface area contributed by atoms with Crippen LogP contribution in [0.1, 0.15) is 48.0 Å². The smallest absolute Gasteiger partial charge is 0.245 e. The van der Waals surface area contributed by atoms with Crippen molar-refractivity contribution in [3.8, 4) is 6.07 Å². The van der Waals surface area contributed by atoms with Gasteiger partial charge in [-0.3, -0.25) is 9.59 Å². The highest BCUT2D eigenvalue weighted by molar-refractivity contribution is 6.12. The molecule has 2 aromatic rings. The molecule has 0 saturated heterocycles. The molecule has 0 radical (unpaired) electrons. The zero-order chi connectivity index (χ0) is 18.4. The fraction of sp³-hybridized carbons (Fsp3) is 0.381. The third-order valence-electron chi connectivity index (χ3n) is 4.85. The average Bonchev–Trinajstić information content (AvgIpc) is 3.12. The van der Waals surface area contributed by atoms with Gasteiger partial charge in [0.05, 0.1) is 6.07 Å². The highest BCUT2D eigenvalue weighted by atomic mass is 16.2. The van der Waals surface area contributed by atoms with Gasteiger partial charge in [0.15, 0.2) is 11.7 Å². The molecule has 1 aliphatic carbocycles. The molecule has 0 spiro atoms. The first-order chi connectivity index (χ1) is 12.7. The minimum atomic E-state index is -1.29. The molecule has 1 atom stereocenters. The molecule has 1 amide bonds. The molecule has 5 heteroatoms. The third kappa shape index (κ3) is 4.40. The molecule has 1 N–H and O–H groups in total. The highest BCUT2D eigenvalue weighted by Crippen LogP contribution is 2.18. The number of carbonyl (C=O) groups excluding carboxylic acids is 2. The van der Waals surface area contributed by atoms with Crippen LogP contribution in [0.3, 0.4) is 0 Å². The largest absolute Gasteiger partial charge is 0.352 e. The Kier molecular flexibility index (Phi) is 5.85. The predicted octanol–water partition coefficient (Wildman–Crippen LogP) is 3.31. The average molecular weight is 349 g/mol. The Hall–Kier alpha value is -2.87. The minimum absolute atomic E-state index is 0.0857. The number of benzene rings is 1. The van der Waals surface area contributed by atoms with Crippen LogP contribution in [0.5, 0.6) is 0 Å². The Morgan fingerprint density at radius 2 is 1.88 bits per heavy atom. The van der Waals surface area contributed by atoms with Crippen molar-refractivity contribution in [3.05, 3.63) is 59.9 Å². The first-order valence-electron chi connectivity index (χ1n) is 9.11. The number of ketones is 1. The minimum Gasteiger partial charge on any atom is -0.352 e. The number of Topliss-reactive ketones (excluding diaryl/α,β-unsaturated/α-hetero) is 1. The summed E-state index contributed by atoms with van der Waals surface area (Å²) in [6, 6.07) is 13.5. The van der Waals surface area contributed by atoms with Crippen molar-refractivity contribution >= 4 is 11.7 Å². The van der Waals surface area contributed by atoms with Gasteiger partial charge in [0.2, 0.25) is 5.91 Å². The molecule has 1 fully saturated rings. The molecule has 1 aliphatic rings. The van der Waals surface area contributed by atoms with E-state index in [2.05, 4.69) is 5.32 Å². The van der Waals surface area contributed by atoms with Gasteiger partial charge in [0.1, 0.15) is 0 Å². The van der Waals surface area contributed by atoms with Crippen LogP contribution in [0.15, 0.2) is 48.8 Å². The lowest BCUT2D eigenvalue weighted by atomic mass is 9.94. The van der Waals surface area contributed by atoms with E-state index >= 15 is 0 Å². The van der Waals surface area contributed by atoms with Crippen LogP contribution in [-0.4, -0.2) is 22.3 Å². The van der Waals surface area contributed by atoms with Crippen molar-refractivity contribution in [3.63, 3.8) is 0 Å². The molecular weight excluding hydrogens is 326 g/mol. The van der Waals surface area contributed by atoms with Gasteiger partial charge in [-0.2, -0.15) is 5.26 Å². The topological polar surface area (TPSA) is 74.9 Å². The van der Waals surface area contributed by atoms with E-state index in [-0.39, 0.29) is 6.04 Å². The van der Waals surface area contributed by atoms with E-state index in [0.29, 0.717) is 12.1 Å². The summed E-state index contributed by atoms with van der Waals surface area (Å²) < 4.78 is 1.88. The maximum absolute atomic E-state index is 12.6. The van der Waals surface area contributed by atoms with Crippen LogP contribution < -0.4 is 5.32 Å². The van der Waals surface area contributed by atoms with Crippen LogP contribution >= 0.6 is 0 Å². The number of hydrogen-bond acceptors (Lipinski definition) is 3. The zero-order valence-electron chi connectivity index (χ0n) is 14.7. The Labute approximate surface area is 153 Å². The molecule has 1 saturated carbocycles. The fourth-order valence-electron chi connectivity index (χ4n) is 3.41. The summed E-state index contributed by atoms with van der Waals surface area (Å²) in [6.07, 6.45) is 8.69. The molecule has 3 rings (SSSR count). The maximum Gasteiger partial charge on any atom is 0.245 e.